The molecule has 0 spiro atoms. The molecule has 7 heteroatoms. The maximum absolute atomic E-state index is 13.2. The van der Waals surface area contributed by atoms with Crippen molar-refractivity contribution in [3.8, 4) is 0 Å². The molecule has 4 aromatic rings. The SMILES string of the molecule is CSc1ccc2nc(N(Cc3cccnc3)C(=O)/C=C/c3ccccc3Cl)sc2c1. The van der Waals surface area contributed by atoms with Crippen molar-refractivity contribution < 1.29 is 4.79 Å². The summed E-state index contributed by atoms with van der Waals surface area (Å²) in [5, 5.41) is 1.26. The minimum atomic E-state index is -0.164. The molecule has 0 N–H and O–H groups in total. The Morgan fingerprint density at radius 2 is 2.07 bits per heavy atom. The van der Waals surface area contributed by atoms with Crippen LogP contribution in [0.25, 0.3) is 16.3 Å². The van der Waals surface area contributed by atoms with Crippen molar-refractivity contribution in [2.24, 2.45) is 0 Å². The number of pyridine rings is 1. The van der Waals surface area contributed by atoms with Gasteiger partial charge in [-0.3, -0.25) is 14.7 Å². The lowest BCUT2D eigenvalue weighted by atomic mass is 10.2. The van der Waals surface area contributed by atoms with Gasteiger partial charge in [0, 0.05) is 28.4 Å². The van der Waals surface area contributed by atoms with Gasteiger partial charge in [-0.05, 0) is 53.8 Å². The molecule has 150 valence electrons. The van der Waals surface area contributed by atoms with E-state index in [1.807, 2.05) is 48.7 Å². The second-order valence-electron chi connectivity index (χ2n) is 6.47. The summed E-state index contributed by atoms with van der Waals surface area (Å²) < 4.78 is 1.05. The number of nitrogens with zero attached hydrogens (tertiary/aromatic N) is 3. The lowest BCUT2D eigenvalue weighted by molar-refractivity contribution is -0.114. The van der Waals surface area contributed by atoms with Crippen LogP contribution in [0.15, 0.2) is 78.0 Å². The molecular formula is C23H18ClN3OS2. The molecule has 4 rings (SSSR count). The monoisotopic (exact) mass is 451 g/mol. The van der Waals surface area contributed by atoms with Crippen molar-refractivity contribution in [2.45, 2.75) is 11.4 Å². The highest BCUT2D eigenvalue weighted by atomic mass is 35.5. The van der Waals surface area contributed by atoms with Crippen LogP contribution in [0.5, 0.6) is 0 Å². The Hall–Kier alpha value is -2.67. The van der Waals surface area contributed by atoms with Gasteiger partial charge >= 0.3 is 0 Å². The fourth-order valence-corrected chi connectivity index (χ4v) is 4.63. The summed E-state index contributed by atoms with van der Waals surface area (Å²) >= 11 is 9.41. The summed E-state index contributed by atoms with van der Waals surface area (Å²) in [6.07, 6.45) is 8.80. The van der Waals surface area contributed by atoms with Gasteiger partial charge in [0.15, 0.2) is 5.13 Å². The molecule has 2 aromatic carbocycles. The van der Waals surface area contributed by atoms with Gasteiger partial charge in [-0.2, -0.15) is 0 Å². The highest BCUT2D eigenvalue weighted by molar-refractivity contribution is 7.98. The van der Waals surface area contributed by atoms with Crippen LogP contribution in [-0.2, 0) is 11.3 Å². The van der Waals surface area contributed by atoms with Crippen LogP contribution in [0.1, 0.15) is 11.1 Å². The smallest absolute Gasteiger partial charge is 0.253 e. The zero-order chi connectivity index (χ0) is 20.9. The van der Waals surface area contributed by atoms with E-state index in [2.05, 4.69) is 11.1 Å². The van der Waals surface area contributed by atoms with Crippen LogP contribution in [0.4, 0.5) is 5.13 Å². The van der Waals surface area contributed by atoms with E-state index in [4.69, 9.17) is 16.6 Å². The Morgan fingerprint density at radius 1 is 1.20 bits per heavy atom. The van der Waals surface area contributed by atoms with E-state index in [-0.39, 0.29) is 5.91 Å². The molecule has 0 radical (unpaired) electrons. The maximum atomic E-state index is 13.2. The number of thiazole rings is 1. The van der Waals surface area contributed by atoms with Gasteiger partial charge in [0.25, 0.3) is 5.91 Å². The maximum Gasteiger partial charge on any atom is 0.253 e. The summed E-state index contributed by atoms with van der Waals surface area (Å²) in [7, 11) is 0. The molecule has 0 atom stereocenters. The third-order valence-electron chi connectivity index (χ3n) is 4.46. The number of hydrogen-bond donors (Lipinski definition) is 0. The first-order chi connectivity index (χ1) is 14.6. The molecule has 0 aliphatic rings. The van der Waals surface area contributed by atoms with Gasteiger partial charge in [-0.15, -0.1) is 11.8 Å². The van der Waals surface area contributed by atoms with Gasteiger partial charge in [0.2, 0.25) is 0 Å². The molecule has 0 aliphatic carbocycles. The number of carbonyl (C=O) groups excluding carboxylic acids is 1. The Morgan fingerprint density at radius 3 is 2.83 bits per heavy atom. The van der Waals surface area contributed by atoms with Crippen molar-refractivity contribution in [3.05, 3.63) is 89.2 Å². The number of carbonyl (C=O) groups is 1. The first-order valence-corrected chi connectivity index (χ1v) is 11.6. The molecule has 0 unspecified atom stereocenters. The summed E-state index contributed by atoms with van der Waals surface area (Å²) in [6, 6.07) is 17.4. The molecule has 0 saturated carbocycles. The summed E-state index contributed by atoms with van der Waals surface area (Å²) in [6.45, 7) is 0.384. The van der Waals surface area contributed by atoms with E-state index in [0.717, 1.165) is 21.3 Å². The predicted molar refractivity (Wildman–Crippen MR) is 127 cm³/mol. The fourth-order valence-electron chi connectivity index (χ4n) is 2.91. The number of fused-ring (bicyclic) bond motifs is 1. The highest BCUT2D eigenvalue weighted by Crippen LogP contribution is 2.32. The third kappa shape index (κ3) is 4.73. The Balaban J connectivity index is 1.69. The second kappa shape index (κ2) is 9.43. The van der Waals surface area contributed by atoms with Gasteiger partial charge in [-0.1, -0.05) is 47.2 Å². The molecule has 2 aromatic heterocycles. The first-order valence-electron chi connectivity index (χ1n) is 9.21. The van der Waals surface area contributed by atoms with E-state index in [1.165, 1.54) is 22.3 Å². The molecule has 0 aliphatic heterocycles. The quantitative estimate of drug-likeness (QED) is 0.254. The van der Waals surface area contributed by atoms with Crippen LogP contribution in [0.2, 0.25) is 5.02 Å². The third-order valence-corrected chi connectivity index (χ3v) is 6.57. The summed E-state index contributed by atoms with van der Waals surface area (Å²) in [4.78, 5) is 24.9. The number of anilines is 1. The number of thioether (sulfide) groups is 1. The predicted octanol–water partition coefficient (Wildman–Crippen LogP) is 6.31. The van der Waals surface area contributed by atoms with Gasteiger partial charge in [0.1, 0.15) is 0 Å². The Labute approximate surface area is 188 Å². The number of hydrogen-bond acceptors (Lipinski definition) is 5. The Kier molecular flexibility index (Phi) is 6.47. The van der Waals surface area contributed by atoms with E-state index < -0.39 is 0 Å². The van der Waals surface area contributed by atoms with Crippen molar-refractivity contribution >= 4 is 62.0 Å². The zero-order valence-corrected chi connectivity index (χ0v) is 18.5. The first kappa shape index (κ1) is 20.6. The number of halogens is 1. The summed E-state index contributed by atoms with van der Waals surface area (Å²) in [5.41, 5.74) is 2.61. The molecule has 0 fully saturated rings. The van der Waals surface area contributed by atoms with Crippen LogP contribution < -0.4 is 4.90 Å². The lowest BCUT2D eigenvalue weighted by Crippen LogP contribution is -2.28. The normalized spacial score (nSPS) is 11.3. The Bertz CT molecular complexity index is 1210. The lowest BCUT2D eigenvalue weighted by Gasteiger charge is -2.18. The highest BCUT2D eigenvalue weighted by Gasteiger charge is 2.19. The van der Waals surface area contributed by atoms with Gasteiger partial charge < -0.3 is 0 Å². The van der Waals surface area contributed by atoms with Crippen molar-refractivity contribution in [3.63, 3.8) is 0 Å². The minimum absolute atomic E-state index is 0.164. The number of rotatable bonds is 6. The standard InChI is InChI=1S/C23H18ClN3OS2/c1-29-18-9-10-20-21(13-18)30-23(26-20)27(15-16-5-4-12-25-14-16)22(28)11-8-17-6-2-3-7-19(17)24/h2-14H,15H2,1H3/b11-8+. The molecule has 30 heavy (non-hydrogen) atoms. The average molecular weight is 452 g/mol. The van der Waals surface area contributed by atoms with E-state index in [9.17, 15) is 4.79 Å². The molecule has 0 saturated heterocycles. The average Bonchev–Trinajstić information content (AvgIpc) is 3.20. The number of aromatic nitrogens is 2. The van der Waals surface area contributed by atoms with Crippen LogP contribution in [0.3, 0.4) is 0 Å². The molecule has 0 bridgehead atoms. The van der Waals surface area contributed by atoms with Crippen molar-refractivity contribution in [2.75, 3.05) is 11.2 Å². The van der Waals surface area contributed by atoms with E-state index in [0.29, 0.717) is 16.7 Å². The van der Waals surface area contributed by atoms with Crippen LogP contribution in [0, 0.1) is 0 Å². The topological polar surface area (TPSA) is 46.1 Å². The largest absolute Gasteiger partial charge is 0.280 e. The minimum Gasteiger partial charge on any atom is -0.280 e. The molecule has 1 amide bonds. The second-order valence-corrected chi connectivity index (χ2v) is 8.77. The zero-order valence-electron chi connectivity index (χ0n) is 16.2. The van der Waals surface area contributed by atoms with Crippen molar-refractivity contribution in [1.29, 1.82) is 0 Å². The van der Waals surface area contributed by atoms with Crippen molar-refractivity contribution in [1.82, 2.24) is 9.97 Å². The molecule has 4 nitrogen and oxygen atoms in total. The number of amides is 1. The van der Waals surface area contributed by atoms with Gasteiger partial charge in [0.05, 0.1) is 16.8 Å². The summed E-state index contributed by atoms with van der Waals surface area (Å²) in [5.74, 6) is -0.164. The molecule has 2 heterocycles. The molecular weight excluding hydrogens is 434 g/mol. The number of benzene rings is 2. The van der Waals surface area contributed by atoms with Crippen LogP contribution >= 0.6 is 34.7 Å². The van der Waals surface area contributed by atoms with Gasteiger partial charge in [-0.25, -0.2) is 4.98 Å². The fraction of sp³-hybridized carbons (Fsp3) is 0.0870. The van der Waals surface area contributed by atoms with E-state index >= 15 is 0 Å². The van der Waals surface area contributed by atoms with Crippen LogP contribution in [-0.4, -0.2) is 22.1 Å². The van der Waals surface area contributed by atoms with E-state index in [1.54, 1.807) is 41.2 Å².